The van der Waals surface area contributed by atoms with Crippen molar-refractivity contribution in [1.29, 1.82) is 0 Å². The van der Waals surface area contributed by atoms with Crippen molar-refractivity contribution in [3.05, 3.63) is 39.5 Å². The minimum Gasteiger partial charge on any atom is -0.373 e. The molecule has 0 aliphatic heterocycles. The maximum Gasteiger partial charge on any atom is 0.534 e. The first-order valence-electron chi connectivity index (χ1n) is 5.11. The Hall–Kier alpha value is -1.17. The van der Waals surface area contributed by atoms with E-state index in [1.165, 1.54) is 6.07 Å². The zero-order valence-corrected chi connectivity index (χ0v) is 12.7. The van der Waals surface area contributed by atoms with Gasteiger partial charge in [0.2, 0.25) is 0 Å². The molecule has 0 N–H and O–H groups in total. The minimum atomic E-state index is -6.03. The summed E-state index contributed by atoms with van der Waals surface area (Å²) in [5.41, 5.74) is -5.71. The van der Waals surface area contributed by atoms with Crippen LogP contribution in [0.15, 0.2) is 24.3 Å². The molecule has 21 heavy (non-hydrogen) atoms. The summed E-state index contributed by atoms with van der Waals surface area (Å²) in [5, 5.41) is -0.584. The number of fused-ring (bicyclic) bond motifs is 1. The van der Waals surface area contributed by atoms with Gasteiger partial charge in [-0.15, -0.1) is 0 Å². The first-order chi connectivity index (χ1) is 9.53. The fourth-order valence-corrected chi connectivity index (χ4v) is 2.62. The lowest BCUT2D eigenvalue weighted by molar-refractivity contribution is -0.0500. The zero-order valence-electron chi connectivity index (χ0n) is 9.71. The first-order valence-corrected chi connectivity index (χ1v) is 7.59. The molecule has 2 rings (SSSR count). The molecule has 2 aromatic rings. The van der Waals surface area contributed by atoms with E-state index in [-0.39, 0.29) is 5.39 Å². The van der Waals surface area contributed by atoms with E-state index in [1.54, 1.807) is 22.6 Å². The van der Waals surface area contributed by atoms with E-state index >= 15 is 0 Å². The molecule has 10 heteroatoms. The number of rotatable bonds is 2. The summed E-state index contributed by atoms with van der Waals surface area (Å²) < 4.78 is 90.0. The van der Waals surface area contributed by atoms with Gasteiger partial charge in [0.15, 0.2) is 11.6 Å². The molecule has 0 fully saturated rings. The second-order valence-electron chi connectivity index (χ2n) is 3.85. The molecule has 0 saturated carbocycles. The van der Waals surface area contributed by atoms with Crippen molar-refractivity contribution in [3.8, 4) is 5.75 Å². The lowest BCUT2D eigenvalue weighted by Gasteiger charge is -2.11. The zero-order chi connectivity index (χ0) is 16.0. The highest BCUT2D eigenvalue weighted by atomic mass is 127. The molecule has 3 nitrogen and oxygen atoms in total. The van der Waals surface area contributed by atoms with Crippen LogP contribution in [0.25, 0.3) is 10.8 Å². The van der Waals surface area contributed by atoms with Crippen molar-refractivity contribution < 1.29 is 34.6 Å². The lowest BCUT2D eigenvalue weighted by Crippen LogP contribution is -2.28. The highest BCUT2D eigenvalue weighted by molar-refractivity contribution is 14.1. The van der Waals surface area contributed by atoms with Crippen molar-refractivity contribution in [2.45, 2.75) is 5.51 Å². The van der Waals surface area contributed by atoms with Gasteiger partial charge in [0, 0.05) is 3.57 Å². The Bertz CT molecular complexity index is 817. The van der Waals surface area contributed by atoms with Gasteiger partial charge in [0.1, 0.15) is 5.82 Å². The molecule has 0 amide bonds. The summed E-state index contributed by atoms with van der Waals surface area (Å²) >= 11 is 1.77. The summed E-state index contributed by atoms with van der Waals surface area (Å²) in [7, 11) is -6.03. The van der Waals surface area contributed by atoms with E-state index < -0.39 is 38.4 Å². The van der Waals surface area contributed by atoms with Crippen molar-refractivity contribution in [1.82, 2.24) is 0 Å². The Morgan fingerprint density at radius 3 is 2.29 bits per heavy atom. The van der Waals surface area contributed by atoms with Crippen molar-refractivity contribution in [2.24, 2.45) is 0 Å². The van der Waals surface area contributed by atoms with Gasteiger partial charge in [-0.25, -0.2) is 8.78 Å². The second-order valence-corrected chi connectivity index (χ2v) is 6.63. The molecular weight excluding hydrogens is 434 g/mol. The number of halogens is 6. The molecular formula is C11H4F5IO3S. The van der Waals surface area contributed by atoms with Crippen LogP contribution < -0.4 is 4.18 Å². The standard InChI is InChI=1S/C11H4F5IO3S/c12-7-4-6(17)3-5-1-2-8(10(13)9(5)7)20-21(18,19)11(14,15)16/h1-4H. The third-order valence-electron chi connectivity index (χ3n) is 2.42. The molecule has 114 valence electrons. The largest absolute Gasteiger partial charge is 0.534 e. The second kappa shape index (κ2) is 5.23. The maximum atomic E-state index is 14.0. The van der Waals surface area contributed by atoms with Crippen molar-refractivity contribution in [2.75, 3.05) is 0 Å². The van der Waals surface area contributed by atoms with Crippen LogP contribution in [0.3, 0.4) is 0 Å². The molecule has 0 bridgehead atoms. The fourth-order valence-electron chi connectivity index (χ4n) is 1.55. The minimum absolute atomic E-state index is 0.0636. The third-order valence-corrected chi connectivity index (χ3v) is 4.01. The predicted molar refractivity (Wildman–Crippen MR) is 72.2 cm³/mol. The van der Waals surface area contributed by atoms with Gasteiger partial charge < -0.3 is 4.18 Å². The Morgan fingerprint density at radius 2 is 1.71 bits per heavy atom. The summed E-state index contributed by atoms with van der Waals surface area (Å²) in [5.74, 6) is -3.78. The molecule has 0 atom stereocenters. The lowest BCUT2D eigenvalue weighted by atomic mass is 10.1. The number of benzene rings is 2. The Balaban J connectivity index is 2.61. The topological polar surface area (TPSA) is 43.4 Å². The van der Waals surface area contributed by atoms with Crippen LogP contribution in [0.1, 0.15) is 0 Å². The highest BCUT2D eigenvalue weighted by Crippen LogP contribution is 2.33. The quantitative estimate of drug-likeness (QED) is 0.309. The number of hydrogen-bond acceptors (Lipinski definition) is 3. The predicted octanol–water partition coefficient (Wildman–Crippen LogP) is 3.95. The van der Waals surface area contributed by atoms with Gasteiger partial charge in [-0.1, -0.05) is 6.07 Å². The molecule has 0 saturated heterocycles. The Kier molecular flexibility index (Phi) is 4.04. The van der Waals surface area contributed by atoms with E-state index in [4.69, 9.17) is 0 Å². The molecule has 0 heterocycles. The fraction of sp³-hybridized carbons (Fsp3) is 0.0909. The summed E-state index contributed by atoms with van der Waals surface area (Å²) in [6, 6.07) is 4.08. The van der Waals surface area contributed by atoms with Crippen molar-refractivity contribution in [3.63, 3.8) is 0 Å². The van der Waals surface area contributed by atoms with Gasteiger partial charge >= 0.3 is 15.6 Å². The van der Waals surface area contributed by atoms with E-state index in [1.807, 2.05) is 0 Å². The normalized spacial score (nSPS) is 12.7. The van der Waals surface area contributed by atoms with Crippen LogP contribution in [0.2, 0.25) is 0 Å². The van der Waals surface area contributed by atoms with Crippen LogP contribution >= 0.6 is 22.6 Å². The SMILES string of the molecule is O=S(=O)(Oc1ccc2cc(I)cc(F)c2c1F)C(F)(F)F. The van der Waals surface area contributed by atoms with Crippen LogP contribution in [-0.2, 0) is 10.1 Å². The van der Waals surface area contributed by atoms with Gasteiger partial charge in [0.25, 0.3) is 0 Å². The smallest absolute Gasteiger partial charge is 0.373 e. The van der Waals surface area contributed by atoms with Gasteiger partial charge in [-0.2, -0.15) is 21.6 Å². The van der Waals surface area contributed by atoms with Gasteiger partial charge in [0.05, 0.1) is 5.39 Å². The summed E-state index contributed by atoms with van der Waals surface area (Å²) in [4.78, 5) is 0. The Labute approximate surface area is 129 Å². The molecule has 0 spiro atoms. The Morgan fingerprint density at radius 1 is 1.10 bits per heavy atom. The number of hydrogen-bond donors (Lipinski definition) is 0. The van der Waals surface area contributed by atoms with E-state index in [2.05, 4.69) is 4.18 Å². The van der Waals surface area contributed by atoms with Crippen LogP contribution in [-0.4, -0.2) is 13.9 Å². The monoisotopic (exact) mass is 438 g/mol. The van der Waals surface area contributed by atoms with E-state index in [0.29, 0.717) is 9.64 Å². The molecule has 0 unspecified atom stereocenters. The third kappa shape index (κ3) is 3.05. The van der Waals surface area contributed by atoms with Gasteiger partial charge in [-0.05, 0) is 46.2 Å². The van der Waals surface area contributed by atoms with Crippen LogP contribution in [0.4, 0.5) is 22.0 Å². The van der Waals surface area contributed by atoms with E-state index in [9.17, 15) is 30.4 Å². The molecule has 0 aliphatic carbocycles. The van der Waals surface area contributed by atoms with Gasteiger partial charge in [-0.3, -0.25) is 0 Å². The maximum absolute atomic E-state index is 14.0. The molecule has 2 aromatic carbocycles. The average Bonchev–Trinajstić information content (AvgIpc) is 2.30. The summed E-state index contributed by atoms with van der Waals surface area (Å²) in [6.07, 6.45) is 0. The van der Waals surface area contributed by atoms with Crippen LogP contribution in [0.5, 0.6) is 5.75 Å². The van der Waals surface area contributed by atoms with E-state index in [0.717, 1.165) is 12.1 Å². The molecule has 0 aliphatic rings. The van der Waals surface area contributed by atoms with Crippen molar-refractivity contribution >= 4 is 43.5 Å². The summed E-state index contributed by atoms with van der Waals surface area (Å²) in [6.45, 7) is 0. The van der Waals surface area contributed by atoms with Crippen LogP contribution in [0, 0.1) is 15.2 Å². The number of alkyl halides is 3. The highest BCUT2D eigenvalue weighted by Gasteiger charge is 2.49. The first kappa shape index (κ1) is 16.2. The average molecular weight is 438 g/mol. The molecule has 0 radical (unpaired) electrons. The molecule has 0 aromatic heterocycles.